The van der Waals surface area contributed by atoms with Gasteiger partial charge in [0.2, 0.25) is 0 Å². The minimum atomic E-state index is 0.0451. The number of ketones is 1. The summed E-state index contributed by atoms with van der Waals surface area (Å²) >= 11 is 1.85. The zero-order chi connectivity index (χ0) is 9.26. The van der Waals surface area contributed by atoms with E-state index in [1.54, 1.807) is 6.92 Å². The van der Waals surface area contributed by atoms with Crippen LogP contribution in [-0.2, 0) is 0 Å². The van der Waals surface area contributed by atoms with Crippen LogP contribution >= 0.6 is 11.8 Å². The number of Topliss-reactive ketones (excluding diaryl/α,β-unsaturated/α-hetero) is 1. The normalized spacial score (nSPS) is 22.1. The first-order chi connectivity index (χ1) is 6.29. The molecule has 0 aliphatic carbocycles. The van der Waals surface area contributed by atoms with E-state index in [9.17, 15) is 4.79 Å². The fourth-order valence-corrected chi connectivity index (χ4v) is 2.80. The molecule has 3 nitrogen and oxygen atoms in total. The highest BCUT2D eigenvalue weighted by atomic mass is 32.2. The van der Waals surface area contributed by atoms with Crippen molar-refractivity contribution in [1.29, 1.82) is 0 Å². The molecule has 2 heterocycles. The van der Waals surface area contributed by atoms with Crippen LogP contribution in [-0.4, -0.2) is 16.7 Å². The molecule has 1 fully saturated rings. The Hall–Kier alpha value is -0.770. The Morgan fingerprint density at radius 2 is 2.62 bits per heavy atom. The van der Waals surface area contributed by atoms with Gasteiger partial charge in [-0.05, 0) is 25.5 Å². The zero-order valence-electron chi connectivity index (χ0n) is 7.45. The molecule has 0 radical (unpaired) electrons. The van der Waals surface area contributed by atoms with Gasteiger partial charge in [-0.15, -0.1) is 0 Å². The van der Waals surface area contributed by atoms with Crippen LogP contribution in [0.5, 0.6) is 0 Å². The first-order valence-corrected chi connectivity index (χ1v) is 5.41. The van der Waals surface area contributed by atoms with Crippen LogP contribution in [0.2, 0.25) is 0 Å². The molecule has 1 aliphatic rings. The monoisotopic (exact) mass is 197 g/mol. The van der Waals surface area contributed by atoms with E-state index in [1.807, 2.05) is 11.8 Å². The molecule has 4 heteroatoms. The zero-order valence-corrected chi connectivity index (χ0v) is 8.26. The Morgan fingerprint density at radius 3 is 3.23 bits per heavy atom. The van der Waals surface area contributed by atoms with Gasteiger partial charge in [-0.3, -0.25) is 4.79 Å². The van der Waals surface area contributed by atoms with Gasteiger partial charge in [-0.2, -0.15) is 11.8 Å². The fourth-order valence-electron chi connectivity index (χ4n) is 1.53. The van der Waals surface area contributed by atoms with Crippen LogP contribution in [0.25, 0.3) is 0 Å². The third-order valence-corrected chi connectivity index (χ3v) is 3.58. The fraction of sp³-hybridized carbons (Fsp3) is 0.556. The van der Waals surface area contributed by atoms with Crippen LogP contribution in [0.3, 0.4) is 0 Å². The number of carbonyl (C=O) groups is 1. The number of hydrogen-bond acceptors (Lipinski definition) is 4. The van der Waals surface area contributed by atoms with E-state index >= 15 is 0 Å². The van der Waals surface area contributed by atoms with Crippen LogP contribution in [0.4, 0.5) is 0 Å². The SMILES string of the molecule is CC(=O)c1cnoc1C1CCCS1. The lowest BCUT2D eigenvalue weighted by atomic mass is 10.1. The summed E-state index contributed by atoms with van der Waals surface area (Å²) in [4.78, 5) is 11.2. The van der Waals surface area contributed by atoms with Crippen molar-refractivity contribution in [3.8, 4) is 0 Å². The summed E-state index contributed by atoms with van der Waals surface area (Å²) in [5.41, 5.74) is 0.652. The second-order valence-electron chi connectivity index (χ2n) is 3.16. The van der Waals surface area contributed by atoms with E-state index in [1.165, 1.54) is 12.6 Å². The molecule has 0 amide bonds. The molecule has 0 bridgehead atoms. The average molecular weight is 197 g/mol. The number of thioether (sulfide) groups is 1. The van der Waals surface area contributed by atoms with Gasteiger partial charge in [0, 0.05) is 0 Å². The highest BCUT2D eigenvalue weighted by Crippen LogP contribution is 2.41. The highest BCUT2D eigenvalue weighted by molar-refractivity contribution is 7.99. The molecule has 13 heavy (non-hydrogen) atoms. The van der Waals surface area contributed by atoms with Crippen molar-refractivity contribution < 1.29 is 9.32 Å². The molecule has 1 atom stereocenters. The molecule has 0 spiro atoms. The smallest absolute Gasteiger partial charge is 0.165 e. The van der Waals surface area contributed by atoms with Crippen molar-refractivity contribution in [2.75, 3.05) is 5.75 Å². The first-order valence-electron chi connectivity index (χ1n) is 4.36. The number of hydrogen-bond donors (Lipinski definition) is 0. The molecule has 0 N–H and O–H groups in total. The van der Waals surface area contributed by atoms with Gasteiger partial charge >= 0.3 is 0 Å². The second-order valence-corrected chi connectivity index (χ2v) is 4.47. The number of carbonyl (C=O) groups excluding carboxylic acids is 1. The van der Waals surface area contributed by atoms with Crippen molar-refractivity contribution in [2.24, 2.45) is 0 Å². The van der Waals surface area contributed by atoms with Crippen molar-refractivity contribution in [3.05, 3.63) is 17.5 Å². The molecule has 1 aliphatic heterocycles. The van der Waals surface area contributed by atoms with E-state index in [-0.39, 0.29) is 5.78 Å². The third-order valence-electron chi connectivity index (χ3n) is 2.20. The van der Waals surface area contributed by atoms with E-state index in [0.29, 0.717) is 10.8 Å². The summed E-state index contributed by atoms with van der Waals surface area (Å²) in [5, 5.41) is 4.03. The molecule has 70 valence electrons. The predicted molar refractivity (Wildman–Crippen MR) is 50.9 cm³/mol. The Bertz CT molecular complexity index is 315. The Kier molecular flexibility index (Phi) is 2.40. The van der Waals surface area contributed by atoms with Crippen molar-refractivity contribution in [1.82, 2.24) is 5.16 Å². The van der Waals surface area contributed by atoms with E-state index in [2.05, 4.69) is 5.16 Å². The molecule has 1 aromatic rings. The Labute approximate surface area is 80.9 Å². The summed E-state index contributed by atoms with van der Waals surface area (Å²) in [6.07, 6.45) is 3.82. The first kappa shape index (κ1) is 8.81. The van der Waals surface area contributed by atoms with Gasteiger partial charge in [0.1, 0.15) is 0 Å². The molecule has 2 rings (SSSR count). The van der Waals surface area contributed by atoms with Crippen molar-refractivity contribution in [2.45, 2.75) is 25.0 Å². The summed E-state index contributed by atoms with van der Waals surface area (Å²) in [6.45, 7) is 1.55. The summed E-state index contributed by atoms with van der Waals surface area (Å²) in [5.74, 6) is 1.97. The molecular weight excluding hydrogens is 186 g/mol. The van der Waals surface area contributed by atoms with Crippen LogP contribution in [0.15, 0.2) is 10.7 Å². The van der Waals surface area contributed by atoms with Gasteiger partial charge in [0.15, 0.2) is 11.5 Å². The van der Waals surface area contributed by atoms with Crippen molar-refractivity contribution in [3.63, 3.8) is 0 Å². The minimum Gasteiger partial charge on any atom is -0.359 e. The van der Waals surface area contributed by atoms with Crippen LogP contribution < -0.4 is 0 Å². The molecule has 1 saturated heterocycles. The highest BCUT2D eigenvalue weighted by Gasteiger charge is 2.25. The molecule has 1 aromatic heterocycles. The molecule has 0 saturated carbocycles. The lowest BCUT2D eigenvalue weighted by molar-refractivity contribution is 0.101. The second kappa shape index (κ2) is 3.54. The third kappa shape index (κ3) is 1.63. The van der Waals surface area contributed by atoms with Gasteiger partial charge in [-0.1, -0.05) is 5.16 Å². The molecular formula is C9H11NO2S. The van der Waals surface area contributed by atoms with E-state index in [4.69, 9.17) is 4.52 Å². The maximum absolute atomic E-state index is 11.2. The van der Waals surface area contributed by atoms with Gasteiger partial charge in [0.25, 0.3) is 0 Å². The van der Waals surface area contributed by atoms with Crippen molar-refractivity contribution >= 4 is 17.5 Å². The minimum absolute atomic E-state index is 0.0451. The summed E-state index contributed by atoms with van der Waals surface area (Å²) < 4.78 is 5.12. The Balaban J connectivity index is 2.28. The maximum Gasteiger partial charge on any atom is 0.165 e. The van der Waals surface area contributed by atoms with Gasteiger partial charge < -0.3 is 4.52 Å². The lowest BCUT2D eigenvalue weighted by Crippen LogP contribution is -1.97. The number of rotatable bonds is 2. The predicted octanol–water partition coefficient (Wildman–Crippen LogP) is 2.45. The van der Waals surface area contributed by atoms with Crippen LogP contribution in [0, 0.1) is 0 Å². The van der Waals surface area contributed by atoms with E-state index < -0.39 is 0 Å². The average Bonchev–Trinajstić information content (AvgIpc) is 2.74. The summed E-state index contributed by atoms with van der Waals surface area (Å²) in [7, 11) is 0. The number of aromatic nitrogens is 1. The molecule has 0 aromatic carbocycles. The topological polar surface area (TPSA) is 43.1 Å². The lowest BCUT2D eigenvalue weighted by Gasteiger charge is -2.03. The largest absolute Gasteiger partial charge is 0.359 e. The summed E-state index contributed by atoms with van der Waals surface area (Å²) in [6, 6.07) is 0. The quantitative estimate of drug-likeness (QED) is 0.683. The maximum atomic E-state index is 11.2. The van der Waals surface area contributed by atoms with Gasteiger partial charge in [0.05, 0.1) is 17.0 Å². The van der Waals surface area contributed by atoms with E-state index in [0.717, 1.165) is 17.9 Å². The number of nitrogens with zero attached hydrogens (tertiary/aromatic N) is 1. The standard InChI is InChI=1S/C9H11NO2S/c1-6(11)7-5-10-12-9(7)8-3-2-4-13-8/h5,8H,2-4H2,1H3. The van der Waals surface area contributed by atoms with Crippen LogP contribution in [0.1, 0.15) is 41.1 Å². The molecule has 1 unspecified atom stereocenters. The van der Waals surface area contributed by atoms with Gasteiger partial charge in [-0.25, -0.2) is 0 Å². The Morgan fingerprint density at radius 1 is 1.77 bits per heavy atom.